The molecule has 0 heterocycles. The Kier molecular flexibility index (Phi) is 6.64. The van der Waals surface area contributed by atoms with Gasteiger partial charge in [0.1, 0.15) is 0 Å². The minimum Gasteiger partial charge on any atom is -0.468 e. The molecular formula is C15H20O3S. The lowest BCUT2D eigenvalue weighted by Crippen LogP contribution is -2.12. The van der Waals surface area contributed by atoms with Crippen molar-refractivity contribution in [2.24, 2.45) is 5.92 Å². The van der Waals surface area contributed by atoms with E-state index in [1.54, 1.807) is 0 Å². The van der Waals surface area contributed by atoms with Crippen LogP contribution >= 0.6 is 11.8 Å². The number of carbonyl (C=O) groups excluding carboxylic acids is 2. The molecule has 0 aliphatic carbocycles. The molecule has 104 valence electrons. The second-order valence-corrected chi connectivity index (χ2v) is 5.32. The first-order valence-corrected chi connectivity index (χ1v) is 7.44. The molecule has 1 rings (SSSR count). The van der Waals surface area contributed by atoms with Gasteiger partial charge in [-0.15, -0.1) is 11.8 Å². The summed E-state index contributed by atoms with van der Waals surface area (Å²) < 4.78 is 4.58. The van der Waals surface area contributed by atoms with Crippen LogP contribution in [0.3, 0.4) is 0 Å². The Balaban J connectivity index is 2.65. The molecule has 0 saturated heterocycles. The van der Waals surface area contributed by atoms with E-state index in [4.69, 9.17) is 0 Å². The highest BCUT2D eigenvalue weighted by Gasteiger charge is 2.16. The predicted molar refractivity (Wildman–Crippen MR) is 77.6 cm³/mol. The van der Waals surface area contributed by atoms with Gasteiger partial charge in [0.2, 0.25) is 0 Å². The smallest absolute Gasteiger partial charge is 0.315 e. The summed E-state index contributed by atoms with van der Waals surface area (Å²) in [4.78, 5) is 24.1. The average molecular weight is 280 g/mol. The minimum absolute atomic E-state index is 0.105. The van der Waals surface area contributed by atoms with Gasteiger partial charge in [0.25, 0.3) is 0 Å². The van der Waals surface area contributed by atoms with E-state index in [0.717, 1.165) is 23.3 Å². The third-order valence-electron chi connectivity index (χ3n) is 3.08. The zero-order chi connectivity index (χ0) is 14.3. The van der Waals surface area contributed by atoms with Crippen molar-refractivity contribution in [1.29, 1.82) is 0 Å². The number of thioether (sulfide) groups is 1. The first-order valence-electron chi connectivity index (χ1n) is 6.46. The van der Waals surface area contributed by atoms with Gasteiger partial charge in [0, 0.05) is 16.4 Å². The lowest BCUT2D eigenvalue weighted by atomic mass is 9.93. The maximum Gasteiger partial charge on any atom is 0.315 e. The molecule has 3 nitrogen and oxygen atoms in total. The molecule has 0 aliphatic heterocycles. The molecule has 1 aromatic carbocycles. The van der Waals surface area contributed by atoms with Crippen LogP contribution in [0.4, 0.5) is 0 Å². The third kappa shape index (κ3) is 4.71. The number of ether oxygens (including phenoxy) is 1. The molecule has 0 aromatic heterocycles. The summed E-state index contributed by atoms with van der Waals surface area (Å²) in [5.74, 6) is 0.348. The highest BCUT2D eigenvalue weighted by molar-refractivity contribution is 8.00. The number of ketones is 1. The van der Waals surface area contributed by atoms with Gasteiger partial charge >= 0.3 is 5.97 Å². The van der Waals surface area contributed by atoms with E-state index in [0.29, 0.717) is 0 Å². The molecule has 4 heteroatoms. The lowest BCUT2D eigenvalue weighted by Gasteiger charge is -2.11. The predicted octanol–water partition coefficient (Wildman–Crippen LogP) is 3.57. The quantitative estimate of drug-likeness (QED) is 0.435. The fourth-order valence-corrected chi connectivity index (χ4v) is 2.54. The van der Waals surface area contributed by atoms with E-state index >= 15 is 0 Å². The summed E-state index contributed by atoms with van der Waals surface area (Å²) in [6.45, 7) is 4.07. The van der Waals surface area contributed by atoms with Crippen molar-refractivity contribution < 1.29 is 14.3 Å². The van der Waals surface area contributed by atoms with Gasteiger partial charge in [0.05, 0.1) is 12.9 Å². The molecule has 0 radical (unpaired) electrons. The molecule has 0 saturated carbocycles. The number of hydrogen-bond donors (Lipinski definition) is 0. The van der Waals surface area contributed by atoms with Gasteiger partial charge < -0.3 is 4.74 Å². The summed E-state index contributed by atoms with van der Waals surface area (Å²) >= 11 is 1.41. The Hall–Kier alpha value is -1.29. The number of hydrogen-bond acceptors (Lipinski definition) is 4. The van der Waals surface area contributed by atoms with Gasteiger partial charge in [-0.25, -0.2) is 0 Å². The summed E-state index contributed by atoms with van der Waals surface area (Å²) in [6.07, 6.45) is 1.74. The second kappa shape index (κ2) is 8.00. The summed E-state index contributed by atoms with van der Waals surface area (Å²) in [5.41, 5.74) is 0.746. The van der Waals surface area contributed by atoms with Crippen LogP contribution in [-0.4, -0.2) is 24.6 Å². The molecule has 0 fully saturated rings. The van der Waals surface area contributed by atoms with Crippen LogP contribution in [0.5, 0.6) is 0 Å². The number of carbonyl (C=O) groups is 2. The van der Waals surface area contributed by atoms with Crippen molar-refractivity contribution in [1.82, 2.24) is 0 Å². The fraction of sp³-hybridized carbons (Fsp3) is 0.467. The van der Waals surface area contributed by atoms with E-state index in [2.05, 4.69) is 4.74 Å². The normalized spacial score (nSPS) is 10.5. The number of methoxy groups -OCH3 is 1. The molecule has 0 atom stereocenters. The van der Waals surface area contributed by atoms with E-state index in [1.165, 1.54) is 18.9 Å². The summed E-state index contributed by atoms with van der Waals surface area (Å²) in [6, 6.07) is 7.42. The highest BCUT2D eigenvalue weighted by Crippen LogP contribution is 2.21. The minimum atomic E-state index is -0.248. The van der Waals surface area contributed by atoms with Gasteiger partial charge in [-0.2, -0.15) is 0 Å². The van der Waals surface area contributed by atoms with Crippen molar-refractivity contribution in [2.75, 3.05) is 12.9 Å². The van der Waals surface area contributed by atoms with Crippen LogP contribution in [0, 0.1) is 5.92 Å². The summed E-state index contributed by atoms with van der Waals surface area (Å²) in [5, 5.41) is 0. The highest BCUT2D eigenvalue weighted by atomic mass is 32.2. The number of Topliss-reactive ketones (excluding diaryl/α,β-unsaturated/α-hetero) is 1. The molecule has 1 aromatic rings. The monoisotopic (exact) mass is 280 g/mol. The Morgan fingerprint density at radius 2 is 1.74 bits per heavy atom. The largest absolute Gasteiger partial charge is 0.468 e. The number of rotatable bonds is 7. The molecule has 19 heavy (non-hydrogen) atoms. The molecule has 0 unspecified atom stereocenters. The maximum atomic E-state index is 12.1. The summed E-state index contributed by atoms with van der Waals surface area (Å²) in [7, 11) is 1.38. The molecule has 0 aliphatic rings. The van der Waals surface area contributed by atoms with Crippen LogP contribution in [-0.2, 0) is 9.53 Å². The Bertz CT molecular complexity index is 422. The topological polar surface area (TPSA) is 43.4 Å². The zero-order valence-electron chi connectivity index (χ0n) is 11.6. The molecule has 0 bridgehead atoms. The van der Waals surface area contributed by atoms with Crippen LogP contribution < -0.4 is 0 Å². The van der Waals surface area contributed by atoms with Crippen molar-refractivity contribution in [3.05, 3.63) is 29.8 Å². The van der Waals surface area contributed by atoms with Crippen LogP contribution in [0.15, 0.2) is 29.2 Å². The van der Waals surface area contributed by atoms with Gasteiger partial charge in [-0.05, 0) is 25.0 Å². The van der Waals surface area contributed by atoms with E-state index in [1.807, 2.05) is 38.1 Å². The maximum absolute atomic E-state index is 12.1. The van der Waals surface area contributed by atoms with Gasteiger partial charge in [-0.1, -0.05) is 26.0 Å². The third-order valence-corrected chi connectivity index (χ3v) is 4.07. The number of benzene rings is 1. The van der Waals surface area contributed by atoms with Crippen LogP contribution in [0.2, 0.25) is 0 Å². The first-order chi connectivity index (χ1) is 9.12. The van der Waals surface area contributed by atoms with Crippen LogP contribution in [0.25, 0.3) is 0 Å². The van der Waals surface area contributed by atoms with Crippen molar-refractivity contribution in [3.63, 3.8) is 0 Å². The molecule has 0 N–H and O–H groups in total. The SMILES string of the molecule is CCC(CC)C(=O)c1ccc(SCC(=O)OC)cc1. The molecular weight excluding hydrogens is 260 g/mol. The lowest BCUT2D eigenvalue weighted by molar-refractivity contribution is -0.137. The molecule has 0 spiro atoms. The Morgan fingerprint density at radius 3 is 2.21 bits per heavy atom. The van der Waals surface area contributed by atoms with Gasteiger partial charge in [-0.3, -0.25) is 9.59 Å². The van der Waals surface area contributed by atoms with Crippen molar-refractivity contribution in [2.45, 2.75) is 31.6 Å². The Morgan fingerprint density at radius 1 is 1.16 bits per heavy atom. The standard InChI is InChI=1S/C15H20O3S/c1-4-11(5-2)15(17)12-6-8-13(9-7-12)19-10-14(16)18-3/h6-9,11H,4-5,10H2,1-3H3. The first kappa shape index (κ1) is 15.8. The Labute approximate surface area is 118 Å². The van der Waals surface area contributed by atoms with E-state index in [-0.39, 0.29) is 23.4 Å². The van der Waals surface area contributed by atoms with Gasteiger partial charge in [0.15, 0.2) is 5.78 Å². The zero-order valence-corrected chi connectivity index (χ0v) is 12.5. The fourth-order valence-electron chi connectivity index (χ4n) is 1.81. The second-order valence-electron chi connectivity index (χ2n) is 4.27. The van der Waals surface area contributed by atoms with E-state index < -0.39 is 0 Å². The van der Waals surface area contributed by atoms with E-state index in [9.17, 15) is 9.59 Å². The number of esters is 1. The average Bonchev–Trinajstić information content (AvgIpc) is 2.46. The van der Waals surface area contributed by atoms with Crippen molar-refractivity contribution >= 4 is 23.5 Å². The van der Waals surface area contributed by atoms with Crippen LogP contribution in [0.1, 0.15) is 37.0 Å². The molecule has 0 amide bonds. The van der Waals surface area contributed by atoms with Crippen molar-refractivity contribution in [3.8, 4) is 0 Å².